The van der Waals surface area contributed by atoms with Gasteiger partial charge in [-0.1, -0.05) is 140 Å². The Bertz CT molecular complexity index is 3510. The number of thioether (sulfide) groups is 1. The molecule has 4 heteroatoms. The average Bonchev–Trinajstić information content (AvgIpc) is 4.16. The lowest BCUT2D eigenvalue weighted by molar-refractivity contribution is 0.406. The van der Waals surface area contributed by atoms with Gasteiger partial charge in [0.05, 0.1) is 11.1 Å². The lowest BCUT2D eigenvalue weighted by Crippen LogP contribution is -2.38. The van der Waals surface area contributed by atoms with Crippen molar-refractivity contribution in [1.29, 1.82) is 0 Å². The molecule has 7 aromatic rings. The van der Waals surface area contributed by atoms with Gasteiger partial charge >= 0.3 is 0 Å². The van der Waals surface area contributed by atoms with Gasteiger partial charge in [0, 0.05) is 71.3 Å². The van der Waals surface area contributed by atoms with E-state index >= 15 is 0 Å². The number of para-hydroxylation sites is 4. The number of hydrogen-bond donors (Lipinski definition) is 0. The van der Waals surface area contributed by atoms with Crippen molar-refractivity contribution in [3.05, 3.63) is 255 Å². The van der Waals surface area contributed by atoms with Gasteiger partial charge in [0.25, 0.3) is 0 Å². The summed E-state index contributed by atoms with van der Waals surface area (Å²) in [7, 11) is 0. The van der Waals surface area contributed by atoms with Crippen LogP contribution in [0.25, 0.3) is 15.7 Å². The van der Waals surface area contributed by atoms with Crippen LogP contribution in [0, 0.1) is 18.8 Å². The molecule has 1 saturated carbocycles. The second-order valence-corrected chi connectivity index (χ2v) is 23.1. The van der Waals surface area contributed by atoms with Crippen molar-refractivity contribution in [1.82, 2.24) is 0 Å². The highest BCUT2D eigenvalue weighted by Gasteiger charge is 2.59. The molecule has 0 N–H and O–H groups in total. The van der Waals surface area contributed by atoms with E-state index in [-0.39, 0.29) is 5.41 Å². The number of aryl methyl sites for hydroxylation is 2. The molecule has 15 rings (SSSR count). The fourth-order valence-electron chi connectivity index (χ4n) is 14.6. The predicted molar refractivity (Wildman–Crippen MR) is 296 cm³/mol. The molecular formula is C66H54N2S2. The van der Waals surface area contributed by atoms with E-state index in [9.17, 15) is 0 Å². The Labute approximate surface area is 420 Å². The highest BCUT2D eigenvalue weighted by atomic mass is 32.2. The van der Waals surface area contributed by atoms with E-state index in [1.807, 2.05) is 0 Å². The Morgan fingerprint density at radius 1 is 0.643 bits per heavy atom. The molecule has 340 valence electrons. The van der Waals surface area contributed by atoms with E-state index in [1.165, 1.54) is 60.1 Å². The molecule has 7 aliphatic carbocycles. The molecule has 1 spiro atoms. The molecular weight excluding hydrogens is 885 g/mol. The Morgan fingerprint density at radius 2 is 1.37 bits per heavy atom. The predicted octanol–water partition coefficient (Wildman–Crippen LogP) is 17.5. The van der Waals surface area contributed by atoms with Crippen LogP contribution in [0.3, 0.4) is 0 Å². The monoisotopic (exact) mass is 938 g/mol. The van der Waals surface area contributed by atoms with Crippen LogP contribution in [0.15, 0.2) is 227 Å². The molecule has 6 aromatic carbocycles. The molecule has 0 saturated heterocycles. The minimum absolute atomic E-state index is 0.335. The normalized spacial score (nSPS) is 25.1. The highest BCUT2D eigenvalue weighted by Crippen LogP contribution is 2.72. The summed E-state index contributed by atoms with van der Waals surface area (Å²) in [5.41, 5.74) is 23.2. The molecule has 0 radical (unpaired) electrons. The minimum Gasteiger partial charge on any atom is -0.338 e. The zero-order chi connectivity index (χ0) is 46.1. The summed E-state index contributed by atoms with van der Waals surface area (Å²) >= 11 is 4.26. The van der Waals surface area contributed by atoms with Crippen LogP contribution in [-0.2, 0) is 11.8 Å². The third kappa shape index (κ3) is 5.81. The van der Waals surface area contributed by atoms with Gasteiger partial charge in [-0.15, -0.1) is 23.1 Å². The average molecular weight is 939 g/mol. The molecule has 6 unspecified atom stereocenters. The molecule has 1 aliphatic heterocycles. The maximum atomic E-state index is 2.77. The van der Waals surface area contributed by atoms with Crippen molar-refractivity contribution in [2.75, 3.05) is 9.80 Å². The number of anilines is 5. The number of hydrogen-bond acceptors (Lipinski definition) is 4. The first-order valence-electron chi connectivity index (χ1n) is 25.8. The van der Waals surface area contributed by atoms with Crippen molar-refractivity contribution in [2.24, 2.45) is 11.8 Å². The number of fused-ring (bicyclic) bond motifs is 17. The maximum Gasteiger partial charge on any atom is 0.0649 e. The van der Waals surface area contributed by atoms with Gasteiger partial charge in [-0.05, 0) is 168 Å². The van der Waals surface area contributed by atoms with Crippen LogP contribution in [-0.4, -0.2) is 11.3 Å². The molecule has 70 heavy (non-hydrogen) atoms. The van der Waals surface area contributed by atoms with E-state index in [4.69, 9.17) is 0 Å². The Kier molecular flexibility index (Phi) is 9.40. The third-order valence-electron chi connectivity index (χ3n) is 17.3. The van der Waals surface area contributed by atoms with Crippen molar-refractivity contribution in [2.45, 2.75) is 79.4 Å². The molecule has 8 aliphatic rings. The first-order chi connectivity index (χ1) is 34.7. The van der Waals surface area contributed by atoms with Crippen LogP contribution < -0.4 is 9.80 Å². The van der Waals surface area contributed by atoms with Crippen LogP contribution in [0.5, 0.6) is 0 Å². The maximum absolute atomic E-state index is 2.77. The Hall–Kier alpha value is -6.59. The standard InChI is InChI=1S/C66H54N2S2/c1-41-19-11-17-31-55(41)68(45-25-9-4-10-26-45)46-34-35-50-59(39-46)70-65-56(67(43-21-5-2-6-22-43)44-23-7-3-8-24-44)40-54-64(62(50)65)63-53(37-38-58-61(63)49-29-15-18-32-57(49)69-58)66(54)51-30-16-14-28-48(51)60-47-27-13-12-20-42(47)33-36-52(60)66/h2-15,17-29,31-33,36,40,42,46-47,50,59H,16,30,34-35,37-39H2,1H3. The molecule has 0 amide bonds. The van der Waals surface area contributed by atoms with Gasteiger partial charge < -0.3 is 9.80 Å². The van der Waals surface area contributed by atoms with Crippen LogP contribution >= 0.6 is 23.1 Å². The van der Waals surface area contributed by atoms with E-state index < -0.39 is 0 Å². The van der Waals surface area contributed by atoms with Crippen LogP contribution in [0.4, 0.5) is 28.4 Å². The van der Waals surface area contributed by atoms with Gasteiger partial charge in [-0.25, -0.2) is 0 Å². The fourth-order valence-corrected chi connectivity index (χ4v) is 17.5. The third-order valence-corrected chi connectivity index (χ3v) is 20.0. The molecule has 2 heterocycles. The topological polar surface area (TPSA) is 6.48 Å². The number of benzene rings is 6. The smallest absolute Gasteiger partial charge is 0.0649 e. The van der Waals surface area contributed by atoms with Crippen molar-refractivity contribution >= 4 is 67.2 Å². The van der Waals surface area contributed by atoms with Gasteiger partial charge in [-0.2, -0.15) is 0 Å². The highest BCUT2D eigenvalue weighted by molar-refractivity contribution is 8.00. The van der Waals surface area contributed by atoms with Crippen LogP contribution in [0.2, 0.25) is 0 Å². The van der Waals surface area contributed by atoms with E-state index in [2.05, 4.69) is 234 Å². The molecule has 6 atom stereocenters. The van der Waals surface area contributed by atoms with Crippen LogP contribution in [0.1, 0.15) is 77.1 Å². The number of thiophene rings is 1. The molecule has 0 bridgehead atoms. The lowest BCUT2D eigenvalue weighted by atomic mass is 9.63. The summed E-state index contributed by atoms with van der Waals surface area (Å²) in [6, 6.07) is 55.3. The number of nitrogens with zero attached hydrogens (tertiary/aromatic N) is 2. The van der Waals surface area contributed by atoms with Crippen molar-refractivity contribution < 1.29 is 0 Å². The molecule has 2 nitrogen and oxygen atoms in total. The van der Waals surface area contributed by atoms with Gasteiger partial charge in [0.2, 0.25) is 0 Å². The molecule has 1 fully saturated rings. The molecule has 1 aromatic heterocycles. The zero-order valence-corrected chi connectivity index (χ0v) is 41.2. The summed E-state index contributed by atoms with van der Waals surface area (Å²) < 4.78 is 1.42. The zero-order valence-electron chi connectivity index (χ0n) is 39.5. The summed E-state index contributed by atoms with van der Waals surface area (Å²) in [6.45, 7) is 2.29. The van der Waals surface area contributed by atoms with E-state index in [1.54, 1.807) is 49.4 Å². The second kappa shape index (κ2) is 16.0. The second-order valence-electron chi connectivity index (χ2n) is 20.7. The quantitative estimate of drug-likeness (QED) is 0.164. The largest absolute Gasteiger partial charge is 0.338 e. The summed E-state index contributed by atoms with van der Waals surface area (Å²) in [5.74, 6) is 1.13. The summed E-state index contributed by atoms with van der Waals surface area (Å²) in [5, 5.41) is 1.86. The summed E-state index contributed by atoms with van der Waals surface area (Å²) in [6.07, 6.45) is 27.5. The number of allylic oxidation sites excluding steroid dienone is 13. The van der Waals surface area contributed by atoms with Gasteiger partial charge in [0.15, 0.2) is 0 Å². The minimum atomic E-state index is -0.338. The Morgan fingerprint density at radius 3 is 2.17 bits per heavy atom. The van der Waals surface area contributed by atoms with Gasteiger partial charge in [0.1, 0.15) is 0 Å². The van der Waals surface area contributed by atoms with Crippen molar-refractivity contribution in [3.8, 4) is 0 Å². The number of rotatable bonds is 6. The van der Waals surface area contributed by atoms with E-state index in [0.717, 1.165) is 44.9 Å². The first-order valence-corrected chi connectivity index (χ1v) is 27.5. The summed E-state index contributed by atoms with van der Waals surface area (Å²) in [4.78, 5) is 8.39. The lowest BCUT2D eigenvalue weighted by Gasteiger charge is -2.41. The van der Waals surface area contributed by atoms with Crippen molar-refractivity contribution in [3.63, 3.8) is 0 Å². The Balaban J connectivity index is 1.02. The van der Waals surface area contributed by atoms with Gasteiger partial charge in [-0.3, -0.25) is 0 Å². The fraction of sp³-hybridized carbons (Fsp3) is 0.212. The first kappa shape index (κ1) is 41.2. The van der Waals surface area contributed by atoms with E-state index in [0.29, 0.717) is 29.0 Å². The SMILES string of the molecule is Cc1ccccc1N(c1ccccc1)C1CCC2c3c(c(N(c4ccccc4)c4ccccc4)cc4c3C3=C(CCc5sc6ccccc6c53)C43C4=C(C5=C3CCC=C5)C3C=CC=CC3C=C4)SC2C1.